The number of carbonyl (C=O) groups excluding carboxylic acids is 2. The number of ketones is 1. The van der Waals surface area contributed by atoms with Gasteiger partial charge in [0.2, 0.25) is 0 Å². The Bertz CT molecular complexity index is 950. The summed E-state index contributed by atoms with van der Waals surface area (Å²) in [5.74, 6) is 0.861. The molecule has 0 saturated heterocycles. The summed E-state index contributed by atoms with van der Waals surface area (Å²) in [6, 6.07) is 13.6. The second-order valence-corrected chi connectivity index (χ2v) is 5.82. The largest absolute Gasteiger partial charge is 0.486 e. The summed E-state index contributed by atoms with van der Waals surface area (Å²) in [5.41, 5.74) is 1.66. The minimum atomic E-state index is -0.269. The number of carbonyl (C=O) groups is 2. The summed E-state index contributed by atoms with van der Waals surface area (Å²) in [7, 11) is 0. The van der Waals surface area contributed by atoms with Gasteiger partial charge in [0.05, 0.1) is 0 Å². The van der Waals surface area contributed by atoms with Crippen LogP contribution in [-0.2, 0) is 13.2 Å². The van der Waals surface area contributed by atoms with Crippen molar-refractivity contribution >= 4 is 17.4 Å². The predicted molar refractivity (Wildman–Crippen MR) is 98.7 cm³/mol. The van der Waals surface area contributed by atoms with Crippen molar-refractivity contribution in [1.82, 2.24) is 20.2 Å². The highest BCUT2D eigenvalue weighted by Gasteiger charge is 2.10. The van der Waals surface area contributed by atoms with Gasteiger partial charge >= 0.3 is 0 Å². The molecule has 3 rings (SSSR count). The van der Waals surface area contributed by atoms with E-state index in [1.165, 1.54) is 6.92 Å². The number of nitrogens with zero attached hydrogens (tertiary/aromatic N) is 4. The molecule has 1 amide bonds. The van der Waals surface area contributed by atoms with E-state index in [0.29, 0.717) is 34.9 Å². The van der Waals surface area contributed by atoms with Crippen LogP contribution in [0.4, 0.5) is 5.69 Å². The first-order valence-electron chi connectivity index (χ1n) is 8.47. The molecule has 1 aromatic heterocycles. The van der Waals surface area contributed by atoms with Gasteiger partial charge in [0.15, 0.2) is 11.6 Å². The summed E-state index contributed by atoms with van der Waals surface area (Å²) >= 11 is 0. The van der Waals surface area contributed by atoms with Crippen molar-refractivity contribution in [1.29, 1.82) is 0 Å². The monoisotopic (exact) mass is 365 g/mol. The third-order valence-corrected chi connectivity index (χ3v) is 3.92. The lowest BCUT2D eigenvalue weighted by Gasteiger charge is -2.09. The summed E-state index contributed by atoms with van der Waals surface area (Å²) in [6.07, 6.45) is 0. The molecular weight excluding hydrogens is 346 g/mol. The molecule has 3 aromatic rings. The SMILES string of the molecule is CCn1nnnc1COc1cccc(C(=O)Nc2ccc(C(C)=O)cc2)c1. The van der Waals surface area contributed by atoms with Gasteiger partial charge in [-0.3, -0.25) is 9.59 Å². The normalized spacial score (nSPS) is 10.4. The number of benzene rings is 2. The number of tetrazole rings is 1. The van der Waals surface area contributed by atoms with E-state index in [1.54, 1.807) is 53.2 Å². The van der Waals surface area contributed by atoms with E-state index >= 15 is 0 Å². The Balaban J connectivity index is 1.65. The fourth-order valence-electron chi connectivity index (χ4n) is 2.44. The molecule has 1 N–H and O–H groups in total. The summed E-state index contributed by atoms with van der Waals surface area (Å²) in [5, 5.41) is 14.2. The van der Waals surface area contributed by atoms with Crippen LogP contribution < -0.4 is 10.1 Å². The van der Waals surface area contributed by atoms with Gasteiger partial charge in [0.25, 0.3) is 5.91 Å². The average molecular weight is 365 g/mol. The molecule has 1 heterocycles. The number of amides is 1. The Hall–Kier alpha value is -3.55. The fourth-order valence-corrected chi connectivity index (χ4v) is 2.44. The van der Waals surface area contributed by atoms with Gasteiger partial charge in [-0.15, -0.1) is 5.10 Å². The highest BCUT2D eigenvalue weighted by molar-refractivity contribution is 6.04. The molecule has 0 spiro atoms. The van der Waals surface area contributed by atoms with E-state index in [2.05, 4.69) is 20.8 Å². The first-order valence-corrected chi connectivity index (χ1v) is 8.47. The minimum absolute atomic E-state index is 0.0215. The molecule has 0 bridgehead atoms. The van der Waals surface area contributed by atoms with Crippen molar-refractivity contribution in [2.24, 2.45) is 0 Å². The van der Waals surface area contributed by atoms with E-state index in [1.807, 2.05) is 6.92 Å². The molecule has 27 heavy (non-hydrogen) atoms. The van der Waals surface area contributed by atoms with Crippen LogP contribution in [0.5, 0.6) is 5.75 Å². The van der Waals surface area contributed by atoms with Gasteiger partial charge in [0.1, 0.15) is 12.4 Å². The summed E-state index contributed by atoms with van der Waals surface area (Å²) in [4.78, 5) is 23.8. The molecule has 0 aliphatic carbocycles. The fraction of sp³-hybridized carbons (Fsp3) is 0.211. The number of Topliss-reactive ketones (excluding diaryl/α,β-unsaturated/α-hetero) is 1. The Morgan fingerprint density at radius 1 is 1.11 bits per heavy atom. The van der Waals surface area contributed by atoms with E-state index in [9.17, 15) is 9.59 Å². The molecule has 0 fully saturated rings. The van der Waals surface area contributed by atoms with Crippen LogP contribution in [0.1, 0.15) is 40.4 Å². The van der Waals surface area contributed by atoms with Crippen LogP contribution in [0.3, 0.4) is 0 Å². The smallest absolute Gasteiger partial charge is 0.255 e. The van der Waals surface area contributed by atoms with Crippen molar-refractivity contribution in [2.75, 3.05) is 5.32 Å². The van der Waals surface area contributed by atoms with E-state index < -0.39 is 0 Å². The molecule has 2 aromatic carbocycles. The Morgan fingerprint density at radius 2 is 1.89 bits per heavy atom. The van der Waals surface area contributed by atoms with Crippen molar-refractivity contribution in [3.8, 4) is 5.75 Å². The van der Waals surface area contributed by atoms with Crippen molar-refractivity contribution in [3.05, 3.63) is 65.5 Å². The minimum Gasteiger partial charge on any atom is -0.486 e. The molecule has 8 nitrogen and oxygen atoms in total. The number of aryl methyl sites for hydroxylation is 1. The standard InChI is InChI=1S/C19H19N5O3/c1-3-24-18(21-22-23-24)12-27-17-6-4-5-15(11-17)19(26)20-16-9-7-14(8-10-16)13(2)25/h4-11H,3,12H2,1-2H3,(H,20,26). The quantitative estimate of drug-likeness (QED) is 0.646. The molecule has 8 heteroatoms. The van der Waals surface area contributed by atoms with Gasteiger partial charge in [-0.1, -0.05) is 6.07 Å². The predicted octanol–water partition coefficient (Wildman–Crippen LogP) is 2.73. The first-order chi connectivity index (χ1) is 13.1. The molecule has 0 radical (unpaired) electrons. The van der Waals surface area contributed by atoms with Crippen LogP contribution >= 0.6 is 0 Å². The molecular formula is C19H19N5O3. The average Bonchev–Trinajstić information content (AvgIpc) is 3.14. The van der Waals surface area contributed by atoms with Gasteiger partial charge in [-0.2, -0.15) is 0 Å². The number of ether oxygens (including phenoxy) is 1. The van der Waals surface area contributed by atoms with Crippen LogP contribution in [0.25, 0.3) is 0 Å². The lowest BCUT2D eigenvalue weighted by Crippen LogP contribution is -2.12. The third kappa shape index (κ3) is 4.55. The summed E-state index contributed by atoms with van der Waals surface area (Å²) < 4.78 is 7.34. The number of hydrogen-bond acceptors (Lipinski definition) is 6. The maximum absolute atomic E-state index is 12.4. The van der Waals surface area contributed by atoms with Gasteiger partial charge in [-0.05, 0) is 66.7 Å². The molecule has 0 unspecified atom stereocenters. The van der Waals surface area contributed by atoms with Gasteiger partial charge in [0, 0.05) is 23.4 Å². The zero-order chi connectivity index (χ0) is 19.2. The van der Waals surface area contributed by atoms with Crippen molar-refractivity contribution in [2.45, 2.75) is 27.0 Å². The number of anilines is 1. The zero-order valence-electron chi connectivity index (χ0n) is 15.0. The molecule has 0 aliphatic rings. The Labute approximate surface area is 156 Å². The van der Waals surface area contributed by atoms with Crippen molar-refractivity contribution < 1.29 is 14.3 Å². The van der Waals surface area contributed by atoms with Crippen LogP contribution in [0.2, 0.25) is 0 Å². The zero-order valence-corrected chi connectivity index (χ0v) is 15.0. The number of rotatable bonds is 7. The number of aromatic nitrogens is 4. The van der Waals surface area contributed by atoms with Gasteiger partial charge < -0.3 is 10.1 Å². The van der Waals surface area contributed by atoms with E-state index in [4.69, 9.17) is 4.74 Å². The molecule has 138 valence electrons. The van der Waals surface area contributed by atoms with Crippen molar-refractivity contribution in [3.63, 3.8) is 0 Å². The molecule has 0 atom stereocenters. The Morgan fingerprint density at radius 3 is 2.59 bits per heavy atom. The third-order valence-electron chi connectivity index (χ3n) is 3.92. The Kier molecular flexibility index (Phi) is 5.55. The first kappa shape index (κ1) is 18.2. The molecule has 0 aliphatic heterocycles. The van der Waals surface area contributed by atoms with Crippen LogP contribution in [-0.4, -0.2) is 31.9 Å². The molecule has 0 saturated carbocycles. The lowest BCUT2D eigenvalue weighted by molar-refractivity contribution is 0.101. The highest BCUT2D eigenvalue weighted by Crippen LogP contribution is 2.17. The van der Waals surface area contributed by atoms with E-state index in [-0.39, 0.29) is 18.3 Å². The van der Waals surface area contributed by atoms with Crippen LogP contribution in [0.15, 0.2) is 48.5 Å². The maximum atomic E-state index is 12.4. The highest BCUT2D eigenvalue weighted by atomic mass is 16.5. The number of nitrogens with one attached hydrogen (secondary N) is 1. The lowest BCUT2D eigenvalue weighted by atomic mass is 10.1. The second-order valence-electron chi connectivity index (χ2n) is 5.82. The second kappa shape index (κ2) is 8.22. The topological polar surface area (TPSA) is 99.0 Å². The number of hydrogen-bond donors (Lipinski definition) is 1. The summed E-state index contributed by atoms with van der Waals surface area (Å²) in [6.45, 7) is 4.29. The van der Waals surface area contributed by atoms with Crippen LogP contribution in [0, 0.1) is 0 Å². The maximum Gasteiger partial charge on any atom is 0.255 e. The van der Waals surface area contributed by atoms with Gasteiger partial charge in [-0.25, -0.2) is 4.68 Å². The van der Waals surface area contributed by atoms with E-state index in [0.717, 1.165) is 0 Å².